The molecule has 2 aliphatic carbocycles. The minimum absolute atomic E-state index is 0.0255. The van der Waals surface area contributed by atoms with Crippen LogP contribution < -0.4 is 0 Å². The van der Waals surface area contributed by atoms with Crippen LogP contribution in [-0.2, 0) is 11.8 Å². The van der Waals surface area contributed by atoms with Gasteiger partial charge < -0.3 is 10.2 Å². The summed E-state index contributed by atoms with van der Waals surface area (Å²) in [6, 6.07) is 3.81. The minimum atomic E-state index is -0.676. The Bertz CT molecular complexity index is 606. The molecule has 0 bridgehead atoms. The zero-order chi connectivity index (χ0) is 15.5. The molecule has 0 amide bonds. The van der Waals surface area contributed by atoms with Gasteiger partial charge in [0.05, 0.1) is 5.60 Å². The van der Waals surface area contributed by atoms with Crippen molar-refractivity contribution in [3.05, 3.63) is 41.5 Å². The van der Waals surface area contributed by atoms with Gasteiger partial charge >= 0.3 is 0 Å². The first-order valence-electron chi connectivity index (χ1n) is 7.93. The van der Waals surface area contributed by atoms with Gasteiger partial charge in [-0.25, -0.2) is 0 Å². The van der Waals surface area contributed by atoms with Crippen LogP contribution in [0.5, 0.6) is 5.75 Å². The Labute approximate surface area is 127 Å². The molecule has 3 rings (SSSR count). The number of fused-ring (bicyclic) bond motifs is 3. The average Bonchev–Trinajstić information content (AvgIpc) is 2.44. The third-order valence-corrected chi connectivity index (χ3v) is 6.37. The second kappa shape index (κ2) is 4.36. The SMILES string of the molecule is C=C[C@]1(C)CC[C@@]2(C)c3ccc(O)c(C)c3CC[C@]2(O)C1. The van der Waals surface area contributed by atoms with Gasteiger partial charge in [0.1, 0.15) is 5.75 Å². The molecular weight excluding hydrogens is 260 g/mol. The van der Waals surface area contributed by atoms with Crippen molar-refractivity contribution in [2.24, 2.45) is 5.41 Å². The number of allylic oxidation sites excluding steroid dienone is 1. The van der Waals surface area contributed by atoms with E-state index in [-0.39, 0.29) is 10.8 Å². The Morgan fingerprint density at radius 2 is 1.90 bits per heavy atom. The highest BCUT2D eigenvalue weighted by Gasteiger charge is 2.56. The van der Waals surface area contributed by atoms with Crippen LogP contribution in [0.4, 0.5) is 0 Å². The average molecular weight is 286 g/mol. The quantitative estimate of drug-likeness (QED) is 0.766. The van der Waals surface area contributed by atoms with Crippen LogP contribution in [0.1, 0.15) is 56.2 Å². The second-order valence-electron chi connectivity index (χ2n) is 7.63. The van der Waals surface area contributed by atoms with Crippen molar-refractivity contribution in [1.82, 2.24) is 0 Å². The van der Waals surface area contributed by atoms with E-state index in [9.17, 15) is 10.2 Å². The number of aromatic hydroxyl groups is 1. The van der Waals surface area contributed by atoms with E-state index in [0.717, 1.165) is 37.7 Å². The molecule has 1 aromatic rings. The number of hydrogen-bond acceptors (Lipinski definition) is 2. The summed E-state index contributed by atoms with van der Waals surface area (Å²) in [4.78, 5) is 0. The van der Waals surface area contributed by atoms with Crippen molar-refractivity contribution >= 4 is 0 Å². The Morgan fingerprint density at radius 1 is 1.19 bits per heavy atom. The summed E-state index contributed by atoms with van der Waals surface area (Å²) < 4.78 is 0. The van der Waals surface area contributed by atoms with Gasteiger partial charge in [-0.2, -0.15) is 0 Å². The van der Waals surface area contributed by atoms with Crippen LogP contribution >= 0.6 is 0 Å². The fourth-order valence-electron chi connectivity index (χ4n) is 4.56. The molecular formula is C19H26O2. The van der Waals surface area contributed by atoms with Gasteiger partial charge in [-0.1, -0.05) is 26.0 Å². The summed E-state index contributed by atoms with van der Waals surface area (Å²) in [6.07, 6.45) is 6.42. The first kappa shape index (κ1) is 14.6. The Morgan fingerprint density at radius 3 is 2.57 bits per heavy atom. The van der Waals surface area contributed by atoms with Crippen molar-refractivity contribution in [2.45, 2.75) is 63.9 Å². The normalized spacial score (nSPS) is 38.5. The molecule has 0 aromatic heterocycles. The molecule has 0 unspecified atom stereocenters. The summed E-state index contributed by atoms with van der Waals surface area (Å²) >= 11 is 0. The molecule has 2 heteroatoms. The molecule has 21 heavy (non-hydrogen) atoms. The molecule has 0 radical (unpaired) electrons. The van der Waals surface area contributed by atoms with E-state index in [1.54, 1.807) is 6.07 Å². The molecule has 114 valence electrons. The van der Waals surface area contributed by atoms with E-state index >= 15 is 0 Å². The predicted molar refractivity (Wildman–Crippen MR) is 85.6 cm³/mol. The molecule has 1 saturated carbocycles. The van der Waals surface area contributed by atoms with Crippen molar-refractivity contribution < 1.29 is 10.2 Å². The molecule has 2 nitrogen and oxygen atoms in total. The van der Waals surface area contributed by atoms with Crippen LogP contribution in [0.25, 0.3) is 0 Å². The zero-order valence-electron chi connectivity index (χ0n) is 13.4. The zero-order valence-corrected chi connectivity index (χ0v) is 13.4. The molecule has 1 aromatic carbocycles. The molecule has 2 N–H and O–H groups in total. The van der Waals surface area contributed by atoms with Crippen LogP contribution in [0.3, 0.4) is 0 Å². The Kier molecular flexibility index (Phi) is 3.04. The minimum Gasteiger partial charge on any atom is -0.508 e. The highest BCUT2D eigenvalue weighted by atomic mass is 16.3. The highest BCUT2D eigenvalue weighted by Crippen LogP contribution is 2.58. The number of hydrogen-bond donors (Lipinski definition) is 2. The lowest BCUT2D eigenvalue weighted by Crippen LogP contribution is -2.58. The van der Waals surface area contributed by atoms with Gasteiger partial charge in [0.15, 0.2) is 0 Å². The number of rotatable bonds is 1. The van der Waals surface area contributed by atoms with E-state index in [1.807, 2.05) is 19.1 Å². The molecule has 0 saturated heterocycles. The lowest BCUT2D eigenvalue weighted by atomic mass is 9.50. The maximum atomic E-state index is 11.4. The van der Waals surface area contributed by atoms with Crippen LogP contribution in [0, 0.1) is 12.3 Å². The first-order chi connectivity index (χ1) is 9.75. The second-order valence-corrected chi connectivity index (χ2v) is 7.63. The van der Waals surface area contributed by atoms with Crippen molar-refractivity contribution in [2.75, 3.05) is 0 Å². The summed E-state index contributed by atoms with van der Waals surface area (Å²) in [7, 11) is 0. The summed E-state index contributed by atoms with van der Waals surface area (Å²) in [5.74, 6) is 0.370. The largest absolute Gasteiger partial charge is 0.508 e. The van der Waals surface area contributed by atoms with Gasteiger partial charge in [0.25, 0.3) is 0 Å². The summed E-state index contributed by atoms with van der Waals surface area (Å²) in [6.45, 7) is 10.4. The molecule has 3 atom stereocenters. The van der Waals surface area contributed by atoms with Crippen LogP contribution in [-0.4, -0.2) is 15.8 Å². The smallest absolute Gasteiger partial charge is 0.118 e. The third kappa shape index (κ3) is 1.88. The van der Waals surface area contributed by atoms with Crippen molar-refractivity contribution in [1.29, 1.82) is 0 Å². The van der Waals surface area contributed by atoms with Gasteiger partial charge in [0, 0.05) is 5.41 Å². The van der Waals surface area contributed by atoms with Gasteiger partial charge in [-0.15, -0.1) is 6.58 Å². The maximum Gasteiger partial charge on any atom is 0.118 e. The number of phenolic OH excluding ortho intramolecular Hbond substituents is 1. The van der Waals surface area contributed by atoms with E-state index in [0.29, 0.717) is 5.75 Å². The predicted octanol–water partition coefficient (Wildman–Crippen LogP) is 4.01. The summed E-state index contributed by atoms with van der Waals surface area (Å²) in [5, 5.41) is 21.4. The third-order valence-electron chi connectivity index (χ3n) is 6.37. The fourth-order valence-corrected chi connectivity index (χ4v) is 4.56. The van der Waals surface area contributed by atoms with E-state index in [2.05, 4.69) is 20.4 Å². The topological polar surface area (TPSA) is 40.5 Å². The van der Waals surface area contributed by atoms with Gasteiger partial charge in [-0.3, -0.25) is 0 Å². The lowest BCUT2D eigenvalue weighted by Gasteiger charge is -2.57. The Hall–Kier alpha value is -1.28. The van der Waals surface area contributed by atoms with E-state index < -0.39 is 5.60 Å². The number of aliphatic hydroxyl groups is 1. The maximum absolute atomic E-state index is 11.4. The number of phenols is 1. The van der Waals surface area contributed by atoms with Crippen LogP contribution in [0.2, 0.25) is 0 Å². The van der Waals surface area contributed by atoms with Crippen molar-refractivity contribution in [3.8, 4) is 5.75 Å². The van der Waals surface area contributed by atoms with Crippen molar-refractivity contribution in [3.63, 3.8) is 0 Å². The molecule has 2 aliphatic rings. The fraction of sp³-hybridized carbons (Fsp3) is 0.579. The molecule has 0 heterocycles. The van der Waals surface area contributed by atoms with Crippen LogP contribution in [0.15, 0.2) is 24.8 Å². The Balaban J connectivity index is 2.13. The summed E-state index contributed by atoms with van der Waals surface area (Å²) in [5.41, 5.74) is 2.58. The van der Waals surface area contributed by atoms with Gasteiger partial charge in [0.2, 0.25) is 0 Å². The molecule has 0 spiro atoms. The standard InChI is InChI=1S/C19H26O2/c1-5-17(3)10-11-18(4)15-6-7-16(20)13(2)14(15)8-9-19(18,21)12-17/h5-7,20-21H,1,8-12H2,2-4H3/t17-,18+,19+/m1/s1. The molecule has 0 aliphatic heterocycles. The number of benzene rings is 1. The van der Waals surface area contributed by atoms with Gasteiger partial charge in [-0.05, 0) is 67.2 Å². The first-order valence-corrected chi connectivity index (χ1v) is 7.93. The van der Waals surface area contributed by atoms with E-state index in [4.69, 9.17) is 0 Å². The molecule has 1 fully saturated rings. The highest BCUT2D eigenvalue weighted by molar-refractivity contribution is 5.50. The van der Waals surface area contributed by atoms with E-state index in [1.165, 1.54) is 11.1 Å². The monoisotopic (exact) mass is 286 g/mol. The lowest BCUT2D eigenvalue weighted by molar-refractivity contribution is -0.104.